The Morgan fingerprint density at radius 3 is 2.62 bits per heavy atom. The molecule has 0 bridgehead atoms. The van der Waals surface area contributed by atoms with Gasteiger partial charge in [0.2, 0.25) is 0 Å². The van der Waals surface area contributed by atoms with Crippen molar-refractivity contribution >= 4 is 22.4 Å². The molecule has 0 radical (unpaired) electrons. The van der Waals surface area contributed by atoms with E-state index in [2.05, 4.69) is 20.2 Å². The number of likely N-dealkylation sites (tertiary alicyclic amines) is 1. The summed E-state index contributed by atoms with van der Waals surface area (Å²) in [7, 11) is 0. The van der Waals surface area contributed by atoms with Gasteiger partial charge >= 0.3 is 6.18 Å². The first-order valence-corrected chi connectivity index (χ1v) is 9.24. The molecule has 1 aliphatic rings. The van der Waals surface area contributed by atoms with Crippen LogP contribution in [0.4, 0.5) is 18.3 Å². The van der Waals surface area contributed by atoms with Gasteiger partial charge in [-0.3, -0.25) is 15.0 Å². The molecular weight excluding hydrogens is 365 g/mol. The van der Waals surface area contributed by atoms with Gasteiger partial charge in [0.05, 0.1) is 17.0 Å². The Labute approximate surface area is 153 Å². The minimum Gasteiger partial charge on any atom is -0.298 e. The monoisotopic (exact) mass is 384 g/mol. The first-order valence-electron chi connectivity index (χ1n) is 8.36. The lowest BCUT2D eigenvalue weighted by Crippen LogP contribution is -2.29. The predicted octanol–water partition coefficient (Wildman–Crippen LogP) is 4.10. The second-order valence-electron chi connectivity index (χ2n) is 6.26. The van der Waals surface area contributed by atoms with Crippen LogP contribution in [0.25, 0.3) is 0 Å². The second kappa shape index (κ2) is 7.71. The van der Waals surface area contributed by atoms with Crippen LogP contribution in [0.2, 0.25) is 0 Å². The molecule has 3 heterocycles. The number of nitrogens with one attached hydrogen (secondary N) is 1. The van der Waals surface area contributed by atoms with Crippen LogP contribution in [0.1, 0.15) is 46.7 Å². The molecule has 1 N–H and O–H groups in total. The lowest BCUT2D eigenvalue weighted by atomic mass is 10.1. The van der Waals surface area contributed by atoms with Crippen molar-refractivity contribution < 1.29 is 18.0 Å². The predicted molar refractivity (Wildman–Crippen MR) is 93.2 cm³/mol. The van der Waals surface area contributed by atoms with Gasteiger partial charge in [-0.25, -0.2) is 9.97 Å². The van der Waals surface area contributed by atoms with Crippen molar-refractivity contribution in [3.63, 3.8) is 0 Å². The number of rotatable bonds is 4. The van der Waals surface area contributed by atoms with E-state index >= 15 is 0 Å². The molecule has 5 nitrogen and oxygen atoms in total. The van der Waals surface area contributed by atoms with Gasteiger partial charge in [0.1, 0.15) is 5.69 Å². The zero-order valence-electron chi connectivity index (χ0n) is 14.3. The largest absolute Gasteiger partial charge is 0.433 e. The smallest absolute Gasteiger partial charge is 0.298 e. The van der Waals surface area contributed by atoms with Crippen LogP contribution in [0.3, 0.4) is 0 Å². The van der Waals surface area contributed by atoms with Crippen LogP contribution in [-0.4, -0.2) is 33.9 Å². The number of thiazole rings is 1. The van der Waals surface area contributed by atoms with E-state index in [-0.39, 0.29) is 11.3 Å². The first-order chi connectivity index (χ1) is 12.3. The number of nitrogens with zero attached hydrogens (tertiary/aromatic N) is 3. The van der Waals surface area contributed by atoms with Gasteiger partial charge in [-0.2, -0.15) is 13.2 Å². The fourth-order valence-corrected chi connectivity index (χ4v) is 3.60. The Bertz CT molecular complexity index is 785. The highest BCUT2D eigenvalue weighted by Gasteiger charge is 2.33. The number of hydrogen-bond acceptors (Lipinski definition) is 5. The molecule has 26 heavy (non-hydrogen) atoms. The molecule has 1 saturated heterocycles. The number of anilines is 1. The number of aryl methyl sites for hydroxylation is 1. The number of halogens is 3. The minimum atomic E-state index is -4.53. The molecule has 3 rings (SSSR count). The van der Waals surface area contributed by atoms with E-state index in [0.717, 1.165) is 37.5 Å². The number of piperidine rings is 1. The van der Waals surface area contributed by atoms with Crippen molar-refractivity contribution in [1.29, 1.82) is 0 Å². The first kappa shape index (κ1) is 18.8. The van der Waals surface area contributed by atoms with Crippen molar-refractivity contribution in [2.75, 3.05) is 18.4 Å². The number of hydrogen-bond donors (Lipinski definition) is 1. The third-order valence-corrected chi connectivity index (χ3v) is 5.03. The highest BCUT2D eigenvalue weighted by molar-refractivity contribution is 7.13. The molecule has 0 aromatic carbocycles. The summed E-state index contributed by atoms with van der Waals surface area (Å²) in [6.45, 7) is 4.23. The molecule has 2 aromatic heterocycles. The molecule has 1 fully saturated rings. The maximum Gasteiger partial charge on any atom is 0.433 e. The molecule has 0 atom stereocenters. The number of amides is 1. The standard InChI is InChI=1S/C17H19F3N4OS/c1-11-13(5-6-14(21-11)17(18,19)20)15(25)23-16-22-12(10-26-16)9-24-7-3-2-4-8-24/h5-6,10H,2-4,7-9H2,1H3,(H,22,23,25). The van der Waals surface area contributed by atoms with Gasteiger partial charge in [-0.1, -0.05) is 6.42 Å². The Balaban J connectivity index is 1.65. The molecule has 1 aliphatic heterocycles. The van der Waals surface area contributed by atoms with Gasteiger partial charge in [0.25, 0.3) is 5.91 Å². The maximum absolute atomic E-state index is 12.7. The molecule has 0 saturated carbocycles. The molecular formula is C17H19F3N4OS. The third-order valence-electron chi connectivity index (χ3n) is 4.23. The number of alkyl halides is 3. The molecule has 1 amide bonds. The topological polar surface area (TPSA) is 58.1 Å². The van der Waals surface area contributed by atoms with Crippen LogP contribution in [-0.2, 0) is 12.7 Å². The van der Waals surface area contributed by atoms with Gasteiger partial charge in [-0.15, -0.1) is 11.3 Å². The van der Waals surface area contributed by atoms with Crippen LogP contribution < -0.4 is 5.32 Å². The molecule has 0 aliphatic carbocycles. The SMILES string of the molecule is Cc1nc(C(F)(F)F)ccc1C(=O)Nc1nc(CN2CCCCC2)cs1. The van der Waals surface area contributed by atoms with Crippen molar-refractivity contribution in [2.24, 2.45) is 0 Å². The summed E-state index contributed by atoms with van der Waals surface area (Å²) in [5, 5.41) is 4.97. The Hall–Kier alpha value is -2.00. The van der Waals surface area contributed by atoms with Crippen LogP contribution in [0.5, 0.6) is 0 Å². The summed E-state index contributed by atoms with van der Waals surface area (Å²) < 4.78 is 38.0. The van der Waals surface area contributed by atoms with E-state index in [1.807, 2.05) is 5.38 Å². The van der Waals surface area contributed by atoms with E-state index in [1.165, 1.54) is 37.5 Å². The molecule has 140 valence electrons. The van der Waals surface area contributed by atoms with E-state index in [0.29, 0.717) is 5.13 Å². The van der Waals surface area contributed by atoms with Crippen molar-refractivity contribution in [2.45, 2.75) is 38.9 Å². The summed E-state index contributed by atoms with van der Waals surface area (Å²) in [5.41, 5.74) is 0.00674. The quantitative estimate of drug-likeness (QED) is 0.862. The molecule has 2 aromatic rings. The Morgan fingerprint density at radius 2 is 1.96 bits per heavy atom. The van der Waals surface area contributed by atoms with Crippen LogP contribution in [0, 0.1) is 6.92 Å². The van der Waals surface area contributed by atoms with Crippen molar-refractivity contribution in [3.05, 3.63) is 40.2 Å². The van der Waals surface area contributed by atoms with E-state index < -0.39 is 17.8 Å². The van der Waals surface area contributed by atoms with E-state index in [1.54, 1.807) is 0 Å². The summed E-state index contributed by atoms with van der Waals surface area (Å²) in [5.74, 6) is -0.511. The van der Waals surface area contributed by atoms with Crippen molar-refractivity contribution in [3.8, 4) is 0 Å². The number of carbonyl (C=O) groups is 1. The highest BCUT2D eigenvalue weighted by Crippen LogP contribution is 2.28. The average Bonchev–Trinajstić information content (AvgIpc) is 3.01. The van der Waals surface area contributed by atoms with Gasteiger partial charge in [-0.05, 0) is 45.0 Å². The fourth-order valence-electron chi connectivity index (χ4n) is 2.91. The average molecular weight is 384 g/mol. The van der Waals surface area contributed by atoms with E-state index in [4.69, 9.17) is 0 Å². The second-order valence-corrected chi connectivity index (χ2v) is 7.12. The maximum atomic E-state index is 12.7. The Morgan fingerprint density at radius 1 is 1.23 bits per heavy atom. The Kier molecular flexibility index (Phi) is 5.57. The summed E-state index contributed by atoms with van der Waals surface area (Å²) in [4.78, 5) is 22.5. The van der Waals surface area contributed by atoms with Crippen LogP contribution in [0.15, 0.2) is 17.5 Å². The molecule has 0 spiro atoms. The van der Waals surface area contributed by atoms with Crippen molar-refractivity contribution in [1.82, 2.24) is 14.9 Å². The zero-order valence-corrected chi connectivity index (χ0v) is 15.1. The lowest BCUT2D eigenvalue weighted by Gasteiger charge is -2.25. The van der Waals surface area contributed by atoms with Gasteiger partial charge in [0.15, 0.2) is 5.13 Å². The van der Waals surface area contributed by atoms with E-state index in [9.17, 15) is 18.0 Å². The number of pyridine rings is 1. The summed E-state index contributed by atoms with van der Waals surface area (Å²) in [6.07, 6.45) is -0.893. The molecule has 0 unspecified atom stereocenters. The normalized spacial score (nSPS) is 15.8. The fraction of sp³-hybridized carbons (Fsp3) is 0.471. The number of carbonyl (C=O) groups excluding carboxylic acids is 1. The summed E-state index contributed by atoms with van der Waals surface area (Å²) >= 11 is 1.30. The molecule has 9 heteroatoms. The van der Waals surface area contributed by atoms with Crippen LogP contribution >= 0.6 is 11.3 Å². The third kappa shape index (κ3) is 4.59. The highest BCUT2D eigenvalue weighted by atomic mass is 32.1. The zero-order chi connectivity index (χ0) is 18.7. The van der Waals surface area contributed by atoms with Gasteiger partial charge in [0, 0.05) is 11.9 Å². The minimum absolute atomic E-state index is 0.0300. The summed E-state index contributed by atoms with van der Waals surface area (Å²) in [6, 6.07) is 1.95. The number of aromatic nitrogens is 2. The lowest BCUT2D eigenvalue weighted by molar-refractivity contribution is -0.141. The van der Waals surface area contributed by atoms with Gasteiger partial charge < -0.3 is 0 Å².